The SMILES string of the molecule is C1CCC(NC2CCCCC2)CC1.C=C. The Morgan fingerprint density at radius 3 is 1.27 bits per heavy atom. The number of rotatable bonds is 2. The van der Waals surface area contributed by atoms with Crippen molar-refractivity contribution >= 4 is 0 Å². The van der Waals surface area contributed by atoms with Gasteiger partial charge in [-0.05, 0) is 25.7 Å². The summed E-state index contributed by atoms with van der Waals surface area (Å²) in [6.45, 7) is 6.00. The zero-order valence-corrected chi connectivity index (χ0v) is 10.1. The van der Waals surface area contributed by atoms with Gasteiger partial charge in [-0.2, -0.15) is 0 Å². The van der Waals surface area contributed by atoms with Crippen LogP contribution in [0.5, 0.6) is 0 Å². The quantitative estimate of drug-likeness (QED) is 0.677. The van der Waals surface area contributed by atoms with Crippen LogP contribution >= 0.6 is 0 Å². The van der Waals surface area contributed by atoms with Crippen LogP contribution in [0.4, 0.5) is 0 Å². The van der Waals surface area contributed by atoms with Crippen molar-refractivity contribution in [2.24, 2.45) is 0 Å². The highest BCUT2D eigenvalue weighted by Gasteiger charge is 2.19. The molecule has 0 saturated heterocycles. The minimum atomic E-state index is 0.872. The van der Waals surface area contributed by atoms with Gasteiger partial charge in [-0.25, -0.2) is 0 Å². The molecule has 0 bridgehead atoms. The van der Waals surface area contributed by atoms with E-state index >= 15 is 0 Å². The standard InChI is InChI=1S/C12H23N.C2H4/c1-3-7-11(8-4-1)13-12-9-5-2-6-10-12;1-2/h11-13H,1-10H2;1-2H2. The summed E-state index contributed by atoms with van der Waals surface area (Å²) < 4.78 is 0. The van der Waals surface area contributed by atoms with E-state index in [1.54, 1.807) is 0 Å². The van der Waals surface area contributed by atoms with Crippen LogP contribution in [0.2, 0.25) is 0 Å². The van der Waals surface area contributed by atoms with Crippen LogP contribution in [0, 0.1) is 0 Å². The maximum absolute atomic E-state index is 3.86. The molecule has 2 aliphatic rings. The normalized spacial score (nSPS) is 24.3. The molecule has 0 unspecified atom stereocenters. The second kappa shape index (κ2) is 7.92. The molecule has 2 rings (SSSR count). The van der Waals surface area contributed by atoms with E-state index in [0.717, 1.165) is 12.1 Å². The zero-order chi connectivity index (χ0) is 10.9. The van der Waals surface area contributed by atoms with Crippen LogP contribution < -0.4 is 5.32 Å². The van der Waals surface area contributed by atoms with E-state index in [1.165, 1.54) is 64.2 Å². The monoisotopic (exact) mass is 209 g/mol. The van der Waals surface area contributed by atoms with Crippen molar-refractivity contribution in [3.8, 4) is 0 Å². The molecule has 0 aromatic rings. The first kappa shape index (κ1) is 12.8. The summed E-state index contributed by atoms with van der Waals surface area (Å²) >= 11 is 0. The van der Waals surface area contributed by atoms with E-state index in [4.69, 9.17) is 0 Å². The molecular formula is C14H27N. The molecule has 2 aliphatic carbocycles. The molecule has 1 heteroatoms. The fourth-order valence-electron chi connectivity index (χ4n) is 2.87. The smallest absolute Gasteiger partial charge is 0.00696 e. The summed E-state index contributed by atoms with van der Waals surface area (Å²) in [7, 11) is 0. The lowest BCUT2D eigenvalue weighted by molar-refractivity contribution is 0.291. The first-order valence-corrected chi connectivity index (χ1v) is 6.71. The van der Waals surface area contributed by atoms with Gasteiger partial charge in [-0.1, -0.05) is 38.5 Å². The van der Waals surface area contributed by atoms with Crippen LogP contribution in [-0.4, -0.2) is 12.1 Å². The van der Waals surface area contributed by atoms with Crippen molar-refractivity contribution in [3.63, 3.8) is 0 Å². The molecule has 15 heavy (non-hydrogen) atoms. The van der Waals surface area contributed by atoms with Crippen molar-refractivity contribution < 1.29 is 0 Å². The molecule has 0 aromatic heterocycles. The maximum atomic E-state index is 3.86. The van der Waals surface area contributed by atoms with Crippen molar-refractivity contribution in [2.75, 3.05) is 0 Å². The third-order valence-electron chi connectivity index (χ3n) is 3.68. The lowest BCUT2D eigenvalue weighted by atomic mass is 9.91. The molecule has 0 heterocycles. The van der Waals surface area contributed by atoms with Gasteiger partial charge in [0.15, 0.2) is 0 Å². The highest BCUT2D eigenvalue weighted by Crippen LogP contribution is 2.22. The second-order valence-corrected chi connectivity index (χ2v) is 4.84. The Kier molecular flexibility index (Phi) is 6.74. The van der Waals surface area contributed by atoms with Crippen LogP contribution in [0.25, 0.3) is 0 Å². The van der Waals surface area contributed by atoms with Gasteiger partial charge in [0, 0.05) is 12.1 Å². The first-order chi connectivity index (χ1) is 7.45. The predicted molar refractivity (Wildman–Crippen MR) is 68.1 cm³/mol. The molecule has 1 nitrogen and oxygen atoms in total. The second-order valence-electron chi connectivity index (χ2n) is 4.84. The summed E-state index contributed by atoms with van der Waals surface area (Å²) in [5.74, 6) is 0. The summed E-state index contributed by atoms with van der Waals surface area (Å²) in [4.78, 5) is 0. The van der Waals surface area contributed by atoms with E-state index in [1.807, 2.05) is 0 Å². The molecule has 2 saturated carbocycles. The van der Waals surface area contributed by atoms with E-state index in [2.05, 4.69) is 18.5 Å². The van der Waals surface area contributed by atoms with Crippen molar-refractivity contribution in [1.29, 1.82) is 0 Å². The van der Waals surface area contributed by atoms with Gasteiger partial charge < -0.3 is 5.32 Å². The van der Waals surface area contributed by atoms with Gasteiger partial charge in [0.1, 0.15) is 0 Å². The highest BCUT2D eigenvalue weighted by atomic mass is 14.9. The van der Waals surface area contributed by atoms with Gasteiger partial charge in [0.05, 0.1) is 0 Å². The van der Waals surface area contributed by atoms with Gasteiger partial charge in [-0.15, -0.1) is 13.2 Å². The summed E-state index contributed by atoms with van der Waals surface area (Å²) in [5, 5.41) is 3.86. The zero-order valence-electron chi connectivity index (χ0n) is 10.1. The van der Waals surface area contributed by atoms with Crippen LogP contribution in [-0.2, 0) is 0 Å². The van der Waals surface area contributed by atoms with Gasteiger partial charge in [-0.3, -0.25) is 0 Å². The Morgan fingerprint density at radius 2 is 0.933 bits per heavy atom. The van der Waals surface area contributed by atoms with E-state index in [-0.39, 0.29) is 0 Å². The largest absolute Gasteiger partial charge is 0.311 e. The van der Waals surface area contributed by atoms with Crippen LogP contribution in [0.3, 0.4) is 0 Å². The van der Waals surface area contributed by atoms with Crippen molar-refractivity contribution in [2.45, 2.75) is 76.3 Å². The molecule has 0 spiro atoms. The average Bonchev–Trinajstić information content (AvgIpc) is 2.34. The fraction of sp³-hybridized carbons (Fsp3) is 0.857. The number of hydrogen-bond donors (Lipinski definition) is 1. The summed E-state index contributed by atoms with van der Waals surface area (Å²) in [5.41, 5.74) is 0. The Bertz CT molecular complexity index is 127. The van der Waals surface area contributed by atoms with E-state index in [0.29, 0.717) is 0 Å². The fourth-order valence-corrected chi connectivity index (χ4v) is 2.87. The third kappa shape index (κ3) is 4.83. The minimum Gasteiger partial charge on any atom is -0.311 e. The Labute approximate surface area is 95.3 Å². The molecule has 0 amide bonds. The minimum absolute atomic E-state index is 0.872. The highest BCUT2D eigenvalue weighted by molar-refractivity contribution is 4.79. The van der Waals surface area contributed by atoms with Crippen molar-refractivity contribution in [1.82, 2.24) is 5.32 Å². The predicted octanol–water partition coefficient (Wildman–Crippen LogP) is 4.04. The molecule has 0 aromatic carbocycles. The van der Waals surface area contributed by atoms with Gasteiger partial charge >= 0.3 is 0 Å². The molecule has 88 valence electrons. The molecular weight excluding hydrogens is 182 g/mol. The topological polar surface area (TPSA) is 12.0 Å². The van der Waals surface area contributed by atoms with E-state index < -0.39 is 0 Å². The van der Waals surface area contributed by atoms with Gasteiger partial charge in [0.2, 0.25) is 0 Å². The molecule has 0 aliphatic heterocycles. The first-order valence-electron chi connectivity index (χ1n) is 6.71. The van der Waals surface area contributed by atoms with Crippen LogP contribution in [0.15, 0.2) is 13.2 Å². The number of nitrogens with one attached hydrogen (secondary N) is 1. The Balaban J connectivity index is 0.000000531. The molecule has 2 fully saturated rings. The Morgan fingerprint density at radius 1 is 0.600 bits per heavy atom. The van der Waals surface area contributed by atoms with E-state index in [9.17, 15) is 0 Å². The number of hydrogen-bond acceptors (Lipinski definition) is 1. The maximum Gasteiger partial charge on any atom is 0.00696 e. The summed E-state index contributed by atoms with van der Waals surface area (Å²) in [6.07, 6.45) is 14.6. The Hall–Kier alpha value is -0.300. The lowest BCUT2D eigenvalue weighted by Gasteiger charge is -2.30. The third-order valence-corrected chi connectivity index (χ3v) is 3.68. The average molecular weight is 209 g/mol. The van der Waals surface area contributed by atoms with Crippen molar-refractivity contribution in [3.05, 3.63) is 13.2 Å². The molecule has 1 N–H and O–H groups in total. The molecule has 0 radical (unpaired) electrons. The van der Waals surface area contributed by atoms with Crippen LogP contribution in [0.1, 0.15) is 64.2 Å². The lowest BCUT2D eigenvalue weighted by Crippen LogP contribution is -2.40. The summed E-state index contributed by atoms with van der Waals surface area (Å²) in [6, 6.07) is 1.74. The van der Waals surface area contributed by atoms with Gasteiger partial charge in [0.25, 0.3) is 0 Å². The molecule has 0 atom stereocenters.